The second-order valence-electron chi connectivity index (χ2n) is 4.18. The Morgan fingerprint density at radius 3 is 2.68 bits per heavy atom. The molecule has 0 aliphatic heterocycles. The number of aryl methyl sites for hydroxylation is 1. The molecule has 0 spiro atoms. The summed E-state index contributed by atoms with van der Waals surface area (Å²) in [6.45, 7) is 1.40. The summed E-state index contributed by atoms with van der Waals surface area (Å²) in [5, 5.41) is 12.7. The van der Waals surface area contributed by atoms with Gasteiger partial charge in [0.05, 0.1) is 19.1 Å². The summed E-state index contributed by atoms with van der Waals surface area (Å²) in [7, 11) is 0. The lowest BCUT2D eigenvalue weighted by Crippen LogP contribution is -2.05. The number of hydrogen-bond donors (Lipinski definition) is 1. The van der Waals surface area contributed by atoms with Crippen LogP contribution in [0.4, 0.5) is 5.82 Å². The number of hydrogen-bond acceptors (Lipinski definition) is 4. The minimum Gasteiger partial charge on any atom is -0.494 e. The molecule has 2 N–H and O–H groups in total. The molecule has 2 rings (SSSR count). The molecular formula is C14H16N4O. The Morgan fingerprint density at radius 1 is 1.26 bits per heavy atom. The first kappa shape index (κ1) is 13.0. The van der Waals surface area contributed by atoms with Gasteiger partial charge in [-0.15, -0.1) is 0 Å². The predicted molar refractivity (Wildman–Crippen MR) is 72.5 cm³/mol. The molecule has 0 fully saturated rings. The molecule has 1 aromatic heterocycles. The summed E-state index contributed by atoms with van der Waals surface area (Å²) in [4.78, 5) is 0. The van der Waals surface area contributed by atoms with Crippen molar-refractivity contribution in [3.63, 3.8) is 0 Å². The lowest BCUT2D eigenvalue weighted by Gasteiger charge is -2.06. The standard InChI is InChI=1S/C14H16N4O/c15-8-6-12-2-4-13(5-3-12)19-11-1-9-18-10-7-14(16)17-18/h2-5,7,10H,1,6,9,11H2,(H2,16,17). The van der Waals surface area contributed by atoms with Crippen molar-refractivity contribution in [2.75, 3.05) is 12.3 Å². The Hall–Kier alpha value is -2.48. The topological polar surface area (TPSA) is 76.9 Å². The largest absolute Gasteiger partial charge is 0.494 e. The minimum absolute atomic E-state index is 0.432. The van der Waals surface area contributed by atoms with Gasteiger partial charge in [0.25, 0.3) is 0 Å². The quantitative estimate of drug-likeness (QED) is 0.802. The monoisotopic (exact) mass is 256 g/mol. The fourth-order valence-electron chi connectivity index (χ4n) is 1.71. The molecule has 1 aromatic carbocycles. The summed E-state index contributed by atoms with van der Waals surface area (Å²) < 4.78 is 7.41. The first-order valence-electron chi connectivity index (χ1n) is 6.15. The van der Waals surface area contributed by atoms with Gasteiger partial charge >= 0.3 is 0 Å². The molecule has 0 saturated heterocycles. The van der Waals surface area contributed by atoms with Crippen LogP contribution in [-0.4, -0.2) is 16.4 Å². The Bertz CT molecular complexity index is 554. The summed E-state index contributed by atoms with van der Waals surface area (Å²) in [5.74, 6) is 1.36. The first-order chi connectivity index (χ1) is 9.28. The molecule has 0 amide bonds. The molecule has 5 heteroatoms. The third-order valence-corrected chi connectivity index (χ3v) is 2.67. The number of benzene rings is 1. The number of rotatable bonds is 6. The zero-order chi connectivity index (χ0) is 13.5. The average Bonchev–Trinajstić information content (AvgIpc) is 2.83. The fourth-order valence-corrected chi connectivity index (χ4v) is 1.71. The van der Waals surface area contributed by atoms with E-state index in [1.54, 1.807) is 10.7 Å². The lowest BCUT2D eigenvalue weighted by atomic mass is 10.2. The smallest absolute Gasteiger partial charge is 0.145 e. The van der Waals surface area contributed by atoms with Crippen LogP contribution in [0.3, 0.4) is 0 Å². The summed E-state index contributed by atoms with van der Waals surface area (Å²) in [6.07, 6.45) is 3.15. The summed E-state index contributed by atoms with van der Waals surface area (Å²) >= 11 is 0. The summed E-state index contributed by atoms with van der Waals surface area (Å²) in [5.41, 5.74) is 6.53. The lowest BCUT2D eigenvalue weighted by molar-refractivity contribution is 0.298. The van der Waals surface area contributed by atoms with E-state index < -0.39 is 0 Å². The van der Waals surface area contributed by atoms with E-state index in [2.05, 4.69) is 11.2 Å². The van der Waals surface area contributed by atoms with E-state index in [4.69, 9.17) is 15.7 Å². The molecule has 0 atom stereocenters. The van der Waals surface area contributed by atoms with Gasteiger partial charge in [-0.25, -0.2) is 0 Å². The zero-order valence-electron chi connectivity index (χ0n) is 10.6. The van der Waals surface area contributed by atoms with Gasteiger partial charge in [-0.1, -0.05) is 12.1 Å². The maximum absolute atomic E-state index is 8.57. The molecule has 1 heterocycles. The minimum atomic E-state index is 0.432. The van der Waals surface area contributed by atoms with E-state index >= 15 is 0 Å². The van der Waals surface area contributed by atoms with Crippen molar-refractivity contribution in [3.8, 4) is 11.8 Å². The van der Waals surface area contributed by atoms with Crippen molar-refractivity contribution in [2.24, 2.45) is 0 Å². The first-order valence-corrected chi connectivity index (χ1v) is 6.15. The number of anilines is 1. The molecule has 0 aliphatic carbocycles. The molecule has 0 saturated carbocycles. The Morgan fingerprint density at radius 2 is 2.05 bits per heavy atom. The van der Waals surface area contributed by atoms with E-state index in [-0.39, 0.29) is 0 Å². The average molecular weight is 256 g/mol. The number of nitrogen functional groups attached to an aromatic ring is 1. The molecular weight excluding hydrogens is 240 g/mol. The Balaban J connectivity index is 1.72. The SMILES string of the molecule is N#CCc1ccc(OCCCn2ccc(N)n2)cc1. The van der Waals surface area contributed by atoms with Gasteiger partial charge in [-0.05, 0) is 23.8 Å². The number of nitriles is 1. The number of ether oxygens (including phenoxy) is 1. The number of nitrogens with zero attached hydrogens (tertiary/aromatic N) is 3. The highest BCUT2D eigenvalue weighted by atomic mass is 16.5. The van der Waals surface area contributed by atoms with Gasteiger partial charge in [-0.2, -0.15) is 10.4 Å². The third-order valence-electron chi connectivity index (χ3n) is 2.67. The van der Waals surface area contributed by atoms with E-state index in [1.165, 1.54) is 0 Å². The molecule has 0 aliphatic rings. The Labute approximate surface area is 112 Å². The van der Waals surface area contributed by atoms with Crippen LogP contribution in [0.2, 0.25) is 0 Å². The number of nitrogens with two attached hydrogens (primary N) is 1. The van der Waals surface area contributed by atoms with Gasteiger partial charge in [0.1, 0.15) is 11.6 Å². The fraction of sp³-hybridized carbons (Fsp3) is 0.286. The molecule has 0 bridgehead atoms. The molecule has 19 heavy (non-hydrogen) atoms. The highest BCUT2D eigenvalue weighted by Gasteiger charge is 1.97. The van der Waals surface area contributed by atoms with Gasteiger partial charge in [0.15, 0.2) is 0 Å². The van der Waals surface area contributed by atoms with Crippen molar-refractivity contribution in [1.82, 2.24) is 9.78 Å². The van der Waals surface area contributed by atoms with Crippen LogP contribution in [0.1, 0.15) is 12.0 Å². The van der Waals surface area contributed by atoms with Gasteiger partial charge in [-0.3, -0.25) is 4.68 Å². The highest BCUT2D eigenvalue weighted by Crippen LogP contribution is 2.12. The van der Waals surface area contributed by atoms with Crippen LogP contribution < -0.4 is 10.5 Å². The van der Waals surface area contributed by atoms with Gasteiger partial charge < -0.3 is 10.5 Å². The maximum Gasteiger partial charge on any atom is 0.145 e. The highest BCUT2D eigenvalue weighted by molar-refractivity contribution is 5.28. The van der Waals surface area contributed by atoms with Crippen molar-refractivity contribution >= 4 is 5.82 Å². The maximum atomic E-state index is 8.57. The Kier molecular flexibility index (Phi) is 4.40. The molecule has 0 unspecified atom stereocenters. The third kappa shape index (κ3) is 4.03. The van der Waals surface area contributed by atoms with E-state index in [0.717, 1.165) is 24.3 Å². The molecule has 2 aromatic rings. The zero-order valence-corrected chi connectivity index (χ0v) is 10.6. The second-order valence-corrected chi connectivity index (χ2v) is 4.18. The van der Waals surface area contributed by atoms with Crippen molar-refractivity contribution in [2.45, 2.75) is 19.4 Å². The van der Waals surface area contributed by atoms with Gasteiger partial charge in [0, 0.05) is 19.2 Å². The van der Waals surface area contributed by atoms with Crippen LogP contribution in [0.15, 0.2) is 36.5 Å². The predicted octanol–water partition coefficient (Wildman–Crippen LogP) is 2.00. The number of aromatic nitrogens is 2. The van der Waals surface area contributed by atoms with Crippen LogP contribution >= 0.6 is 0 Å². The van der Waals surface area contributed by atoms with Crippen LogP contribution in [0.5, 0.6) is 5.75 Å². The van der Waals surface area contributed by atoms with Crippen LogP contribution in [0.25, 0.3) is 0 Å². The van der Waals surface area contributed by atoms with Crippen molar-refractivity contribution < 1.29 is 4.74 Å². The van der Waals surface area contributed by atoms with Crippen LogP contribution in [-0.2, 0) is 13.0 Å². The van der Waals surface area contributed by atoms with E-state index in [1.807, 2.05) is 30.5 Å². The normalized spacial score (nSPS) is 10.1. The molecule has 0 radical (unpaired) electrons. The van der Waals surface area contributed by atoms with Crippen molar-refractivity contribution in [1.29, 1.82) is 5.26 Å². The molecule has 98 valence electrons. The van der Waals surface area contributed by atoms with E-state index in [9.17, 15) is 0 Å². The summed E-state index contributed by atoms with van der Waals surface area (Å²) in [6, 6.07) is 11.5. The van der Waals surface area contributed by atoms with Crippen LogP contribution in [0, 0.1) is 11.3 Å². The second kappa shape index (κ2) is 6.45. The van der Waals surface area contributed by atoms with E-state index in [0.29, 0.717) is 18.8 Å². The van der Waals surface area contributed by atoms with Crippen molar-refractivity contribution in [3.05, 3.63) is 42.1 Å². The molecule has 5 nitrogen and oxygen atoms in total. The van der Waals surface area contributed by atoms with Gasteiger partial charge in [0.2, 0.25) is 0 Å².